The average Bonchev–Trinajstić information content (AvgIpc) is 3.20. The van der Waals surface area contributed by atoms with Crippen LogP contribution in [0.3, 0.4) is 0 Å². The van der Waals surface area contributed by atoms with Crippen LogP contribution in [0, 0.1) is 11.8 Å². The fourth-order valence-electron chi connectivity index (χ4n) is 4.46. The summed E-state index contributed by atoms with van der Waals surface area (Å²) < 4.78 is 5.14. The van der Waals surface area contributed by atoms with Gasteiger partial charge < -0.3 is 14.9 Å². The molecule has 0 bridgehead atoms. The summed E-state index contributed by atoms with van der Waals surface area (Å²) in [5.74, 6) is -4.16. The predicted molar refractivity (Wildman–Crippen MR) is 101 cm³/mol. The Hall–Kier alpha value is -3.39. The van der Waals surface area contributed by atoms with Crippen LogP contribution in [0.1, 0.15) is 17.2 Å². The van der Waals surface area contributed by atoms with Crippen molar-refractivity contribution in [2.45, 2.75) is 18.0 Å². The molecule has 2 aromatic rings. The summed E-state index contributed by atoms with van der Waals surface area (Å²) in [5.41, 5.74) is -0.370. The lowest BCUT2D eigenvalue weighted by Gasteiger charge is -2.30. The van der Waals surface area contributed by atoms with Crippen LogP contribution in [-0.2, 0) is 20.8 Å². The van der Waals surface area contributed by atoms with Crippen LogP contribution in [0.15, 0.2) is 48.5 Å². The molecule has 2 aromatic carbocycles. The summed E-state index contributed by atoms with van der Waals surface area (Å²) in [6, 6.07) is 12.8. The molecular weight excluding hydrogens is 376 g/mol. The van der Waals surface area contributed by atoms with Crippen LogP contribution in [0.5, 0.6) is 11.5 Å². The normalized spacial score (nSPS) is 28.1. The minimum Gasteiger partial charge on any atom is -0.504 e. The molecule has 0 saturated carbocycles. The Bertz CT molecular complexity index is 992. The summed E-state index contributed by atoms with van der Waals surface area (Å²) in [4.78, 5) is 37.7. The molecule has 2 heterocycles. The average molecular weight is 396 g/mol. The number of aliphatic carboxylic acids is 1. The smallest absolute Gasteiger partial charge is 0.325 e. The second kappa shape index (κ2) is 6.89. The summed E-state index contributed by atoms with van der Waals surface area (Å²) in [5, 5.41) is 25.4. The van der Waals surface area contributed by atoms with Crippen LogP contribution in [0.4, 0.5) is 0 Å². The minimum atomic E-state index is -1.65. The highest BCUT2D eigenvalue weighted by Gasteiger charge is 2.66. The Kier molecular flexibility index (Phi) is 4.50. The van der Waals surface area contributed by atoms with E-state index >= 15 is 0 Å². The number of carboxylic acid groups (broad SMARTS) is 1. The maximum absolute atomic E-state index is 12.6. The third kappa shape index (κ3) is 2.92. The van der Waals surface area contributed by atoms with Gasteiger partial charge in [0.05, 0.1) is 18.9 Å². The Balaban J connectivity index is 1.82. The number of phenolic OH excluding ortho intramolecular Hbond substituents is 1. The number of aromatic hydroxyl groups is 1. The molecule has 2 aliphatic rings. The van der Waals surface area contributed by atoms with Gasteiger partial charge in [0, 0.05) is 12.5 Å². The van der Waals surface area contributed by atoms with Crippen LogP contribution >= 0.6 is 0 Å². The molecule has 8 heteroatoms. The number of carboxylic acids is 1. The number of rotatable bonds is 5. The van der Waals surface area contributed by atoms with E-state index in [2.05, 4.69) is 10.6 Å². The van der Waals surface area contributed by atoms with E-state index in [1.807, 2.05) is 6.07 Å². The van der Waals surface area contributed by atoms with E-state index < -0.39 is 41.2 Å². The van der Waals surface area contributed by atoms with Crippen molar-refractivity contribution in [3.8, 4) is 11.5 Å². The molecule has 4 rings (SSSR count). The molecule has 2 fully saturated rings. The molecule has 2 saturated heterocycles. The van der Waals surface area contributed by atoms with Gasteiger partial charge in [-0.1, -0.05) is 36.4 Å². The van der Waals surface area contributed by atoms with Crippen LogP contribution < -0.4 is 15.4 Å². The van der Waals surface area contributed by atoms with Crippen LogP contribution in [-0.4, -0.2) is 40.6 Å². The number of carbonyl (C=O) groups is 3. The Labute approximate surface area is 166 Å². The molecular formula is C21H20N2O6. The number of methoxy groups -OCH3 is 1. The Morgan fingerprint density at radius 3 is 2.52 bits per heavy atom. The van der Waals surface area contributed by atoms with Gasteiger partial charge in [0.1, 0.15) is 5.54 Å². The zero-order valence-electron chi connectivity index (χ0n) is 15.6. The van der Waals surface area contributed by atoms with Crippen LogP contribution in [0.25, 0.3) is 0 Å². The zero-order chi connectivity index (χ0) is 20.8. The van der Waals surface area contributed by atoms with E-state index in [0.717, 1.165) is 5.56 Å². The summed E-state index contributed by atoms with van der Waals surface area (Å²) in [6.45, 7) is 0. The largest absolute Gasteiger partial charge is 0.504 e. The number of imide groups is 1. The van der Waals surface area contributed by atoms with Crippen molar-refractivity contribution >= 4 is 17.8 Å². The highest BCUT2D eigenvalue weighted by atomic mass is 16.5. The number of benzene rings is 2. The number of ether oxygens (including phenoxy) is 1. The van der Waals surface area contributed by atoms with Crippen molar-refractivity contribution in [1.82, 2.24) is 10.6 Å². The van der Waals surface area contributed by atoms with Gasteiger partial charge in [-0.05, 0) is 23.3 Å². The van der Waals surface area contributed by atoms with Gasteiger partial charge in [-0.2, -0.15) is 0 Å². The molecule has 29 heavy (non-hydrogen) atoms. The van der Waals surface area contributed by atoms with Gasteiger partial charge in [-0.3, -0.25) is 25.0 Å². The van der Waals surface area contributed by atoms with Gasteiger partial charge in [0.15, 0.2) is 11.5 Å². The maximum atomic E-state index is 12.6. The first-order valence-corrected chi connectivity index (χ1v) is 9.14. The molecule has 2 amide bonds. The van der Waals surface area contributed by atoms with Gasteiger partial charge in [0.25, 0.3) is 0 Å². The van der Waals surface area contributed by atoms with Gasteiger partial charge in [0.2, 0.25) is 11.8 Å². The van der Waals surface area contributed by atoms with Crippen LogP contribution in [0.2, 0.25) is 0 Å². The van der Waals surface area contributed by atoms with Gasteiger partial charge in [-0.15, -0.1) is 0 Å². The van der Waals surface area contributed by atoms with Crippen molar-refractivity contribution in [2.75, 3.05) is 7.11 Å². The SMILES string of the molecule is COc1cc(C2NC(Cc3ccccc3)(C(=O)O)C3C(=O)NC(=O)C23)ccc1O. The van der Waals surface area contributed by atoms with E-state index in [9.17, 15) is 24.6 Å². The number of carbonyl (C=O) groups excluding carboxylic acids is 2. The molecule has 0 radical (unpaired) electrons. The van der Waals surface area contributed by atoms with Crippen molar-refractivity contribution in [3.63, 3.8) is 0 Å². The van der Waals surface area contributed by atoms with E-state index in [0.29, 0.717) is 5.56 Å². The highest BCUT2D eigenvalue weighted by molar-refractivity contribution is 6.09. The van der Waals surface area contributed by atoms with E-state index in [4.69, 9.17) is 4.74 Å². The molecule has 0 aliphatic carbocycles. The minimum absolute atomic E-state index is 0.0385. The fourth-order valence-corrected chi connectivity index (χ4v) is 4.46. The second-order valence-electron chi connectivity index (χ2n) is 7.35. The Morgan fingerprint density at radius 1 is 1.14 bits per heavy atom. The molecule has 4 atom stereocenters. The third-order valence-electron chi connectivity index (χ3n) is 5.76. The Morgan fingerprint density at radius 2 is 1.86 bits per heavy atom. The van der Waals surface area contributed by atoms with E-state index in [-0.39, 0.29) is 17.9 Å². The lowest BCUT2D eigenvalue weighted by atomic mass is 9.76. The molecule has 4 N–H and O–H groups in total. The highest BCUT2D eigenvalue weighted by Crippen LogP contribution is 2.48. The number of amides is 2. The third-order valence-corrected chi connectivity index (χ3v) is 5.76. The molecule has 0 spiro atoms. The summed E-state index contributed by atoms with van der Waals surface area (Å²) >= 11 is 0. The number of nitrogens with one attached hydrogen (secondary N) is 2. The monoisotopic (exact) mass is 396 g/mol. The van der Waals surface area contributed by atoms with Crippen molar-refractivity contribution in [2.24, 2.45) is 11.8 Å². The second-order valence-corrected chi connectivity index (χ2v) is 7.35. The lowest BCUT2D eigenvalue weighted by molar-refractivity contribution is -0.149. The van der Waals surface area contributed by atoms with Crippen molar-refractivity contribution in [3.05, 3.63) is 59.7 Å². The number of fused-ring (bicyclic) bond motifs is 1. The molecule has 0 aromatic heterocycles. The number of hydrogen-bond donors (Lipinski definition) is 4. The summed E-state index contributed by atoms with van der Waals surface area (Å²) in [7, 11) is 1.40. The lowest BCUT2D eigenvalue weighted by Crippen LogP contribution is -2.57. The molecule has 4 unspecified atom stereocenters. The molecule has 150 valence electrons. The standard InChI is InChI=1S/C21H20N2O6/c1-29-14-9-12(7-8-13(14)24)17-15-16(19(26)22-18(15)25)21(23-17,20(27)28)10-11-5-3-2-4-6-11/h2-9,15-17,23-24H,10H2,1H3,(H,27,28)(H,22,25,26). The number of hydrogen-bond acceptors (Lipinski definition) is 6. The maximum Gasteiger partial charge on any atom is 0.325 e. The topological polar surface area (TPSA) is 125 Å². The quantitative estimate of drug-likeness (QED) is 0.556. The van der Waals surface area contributed by atoms with Crippen molar-refractivity contribution < 1.29 is 29.3 Å². The number of phenols is 1. The summed E-state index contributed by atoms with van der Waals surface area (Å²) in [6.07, 6.45) is 0.0385. The fraction of sp³-hybridized carbons (Fsp3) is 0.286. The first-order valence-electron chi connectivity index (χ1n) is 9.14. The van der Waals surface area contributed by atoms with E-state index in [1.54, 1.807) is 36.4 Å². The predicted octanol–water partition coefficient (Wildman–Crippen LogP) is 1.000. The molecule has 2 aliphatic heterocycles. The van der Waals surface area contributed by atoms with Crippen molar-refractivity contribution in [1.29, 1.82) is 0 Å². The van der Waals surface area contributed by atoms with Gasteiger partial charge in [-0.25, -0.2) is 0 Å². The zero-order valence-corrected chi connectivity index (χ0v) is 15.6. The van der Waals surface area contributed by atoms with Gasteiger partial charge >= 0.3 is 5.97 Å². The first kappa shape index (κ1) is 18.9. The first-order chi connectivity index (χ1) is 13.9. The van der Waals surface area contributed by atoms with E-state index in [1.165, 1.54) is 13.2 Å². The molecule has 8 nitrogen and oxygen atoms in total.